The van der Waals surface area contributed by atoms with Gasteiger partial charge in [-0.15, -0.1) is 0 Å². The van der Waals surface area contributed by atoms with E-state index in [2.05, 4.69) is 15.4 Å². The lowest BCUT2D eigenvalue weighted by atomic mass is 10.2. The van der Waals surface area contributed by atoms with Crippen molar-refractivity contribution in [2.45, 2.75) is 25.5 Å². The van der Waals surface area contributed by atoms with Crippen molar-refractivity contribution in [2.24, 2.45) is 0 Å². The van der Waals surface area contributed by atoms with Gasteiger partial charge in [0.1, 0.15) is 17.7 Å². The Morgan fingerprint density at radius 1 is 0.969 bits per heavy atom. The molecule has 0 amide bonds. The quantitative estimate of drug-likeness (QED) is 0.462. The second-order valence-electron chi connectivity index (χ2n) is 7.72. The molecule has 32 heavy (non-hydrogen) atoms. The van der Waals surface area contributed by atoms with Crippen molar-refractivity contribution >= 4 is 22.4 Å². The SMILES string of the molecule is COc1cc(Nc2ccc3ncc(-c4cnn(C5CCCCO5)c4)nc3c2)cc(OC)c1. The largest absolute Gasteiger partial charge is 0.497 e. The van der Waals surface area contributed by atoms with Crippen LogP contribution in [-0.2, 0) is 4.74 Å². The molecule has 0 spiro atoms. The zero-order valence-electron chi connectivity index (χ0n) is 18.1. The molecule has 1 unspecified atom stereocenters. The van der Waals surface area contributed by atoms with Crippen LogP contribution in [0.5, 0.6) is 11.5 Å². The minimum atomic E-state index is 0.00146. The molecular weight excluding hydrogens is 406 g/mol. The first-order valence-electron chi connectivity index (χ1n) is 10.6. The van der Waals surface area contributed by atoms with Crippen LogP contribution in [0.25, 0.3) is 22.3 Å². The Labute approximate surface area is 186 Å². The monoisotopic (exact) mass is 431 g/mol. The lowest BCUT2D eigenvalue weighted by molar-refractivity contribution is -0.0394. The van der Waals surface area contributed by atoms with Crippen molar-refractivity contribution in [3.8, 4) is 22.8 Å². The fraction of sp³-hybridized carbons (Fsp3) is 0.292. The molecule has 5 rings (SSSR count). The fourth-order valence-electron chi connectivity index (χ4n) is 3.83. The third-order valence-corrected chi connectivity index (χ3v) is 5.53. The standard InChI is InChI=1S/C24H25N5O3/c1-30-19-9-18(10-20(12-19)31-2)27-17-6-7-21-22(11-17)28-23(14-25-21)16-13-26-29(15-16)24-5-3-4-8-32-24/h6-7,9-15,24,27H,3-5,8H2,1-2H3. The molecular formula is C24H25N5O3. The van der Waals surface area contributed by atoms with Gasteiger partial charge < -0.3 is 19.5 Å². The highest BCUT2D eigenvalue weighted by Gasteiger charge is 2.17. The Kier molecular flexibility index (Phi) is 5.60. The van der Waals surface area contributed by atoms with E-state index in [4.69, 9.17) is 19.2 Å². The highest BCUT2D eigenvalue weighted by atomic mass is 16.5. The van der Waals surface area contributed by atoms with Gasteiger partial charge in [0, 0.05) is 47.9 Å². The van der Waals surface area contributed by atoms with E-state index >= 15 is 0 Å². The lowest BCUT2D eigenvalue weighted by Gasteiger charge is -2.22. The molecule has 0 saturated carbocycles. The number of aromatic nitrogens is 4. The van der Waals surface area contributed by atoms with Crippen LogP contribution in [0.1, 0.15) is 25.5 Å². The molecule has 0 aliphatic carbocycles. The smallest absolute Gasteiger partial charge is 0.150 e. The molecule has 2 aromatic heterocycles. The number of hydrogen-bond donors (Lipinski definition) is 1. The molecule has 1 atom stereocenters. The predicted molar refractivity (Wildman–Crippen MR) is 122 cm³/mol. The van der Waals surface area contributed by atoms with Crippen LogP contribution < -0.4 is 14.8 Å². The van der Waals surface area contributed by atoms with Crippen molar-refractivity contribution < 1.29 is 14.2 Å². The summed E-state index contributed by atoms with van der Waals surface area (Å²) >= 11 is 0. The molecule has 4 aromatic rings. The van der Waals surface area contributed by atoms with E-state index in [0.717, 1.165) is 59.5 Å². The third-order valence-electron chi connectivity index (χ3n) is 5.53. The summed E-state index contributed by atoms with van der Waals surface area (Å²) in [6.07, 6.45) is 8.83. The van der Waals surface area contributed by atoms with Gasteiger partial charge in [-0.2, -0.15) is 5.10 Å². The molecule has 1 fully saturated rings. The Morgan fingerprint density at radius 3 is 2.56 bits per heavy atom. The average Bonchev–Trinajstić information content (AvgIpc) is 3.34. The lowest BCUT2D eigenvalue weighted by Crippen LogP contribution is -2.18. The number of ether oxygens (including phenoxy) is 3. The number of fused-ring (bicyclic) bond motifs is 1. The van der Waals surface area contributed by atoms with Gasteiger partial charge in [-0.25, -0.2) is 9.67 Å². The third kappa shape index (κ3) is 4.22. The first kappa shape index (κ1) is 20.3. The average molecular weight is 431 g/mol. The van der Waals surface area contributed by atoms with Crippen molar-refractivity contribution in [1.82, 2.24) is 19.7 Å². The van der Waals surface area contributed by atoms with Gasteiger partial charge in [-0.3, -0.25) is 4.98 Å². The van der Waals surface area contributed by atoms with Crippen LogP contribution >= 0.6 is 0 Å². The molecule has 164 valence electrons. The van der Waals surface area contributed by atoms with Gasteiger partial charge in [0.15, 0.2) is 0 Å². The van der Waals surface area contributed by atoms with Crippen molar-refractivity contribution in [3.05, 3.63) is 55.0 Å². The molecule has 2 aromatic carbocycles. The van der Waals surface area contributed by atoms with Gasteiger partial charge in [0.05, 0.1) is 43.3 Å². The predicted octanol–water partition coefficient (Wildman–Crippen LogP) is 4.95. The van der Waals surface area contributed by atoms with E-state index in [1.807, 2.05) is 53.5 Å². The Hall–Kier alpha value is -3.65. The van der Waals surface area contributed by atoms with Gasteiger partial charge in [0.2, 0.25) is 0 Å². The molecule has 1 saturated heterocycles. The number of benzene rings is 2. The summed E-state index contributed by atoms with van der Waals surface area (Å²) in [5.74, 6) is 1.43. The zero-order valence-corrected chi connectivity index (χ0v) is 18.1. The molecule has 8 nitrogen and oxygen atoms in total. The van der Waals surface area contributed by atoms with Crippen molar-refractivity contribution in [1.29, 1.82) is 0 Å². The summed E-state index contributed by atoms with van der Waals surface area (Å²) in [6, 6.07) is 11.6. The van der Waals surface area contributed by atoms with E-state index < -0.39 is 0 Å². The first-order chi connectivity index (χ1) is 15.7. The summed E-state index contributed by atoms with van der Waals surface area (Å²) in [6.45, 7) is 0.782. The Balaban J connectivity index is 1.41. The van der Waals surface area contributed by atoms with Crippen LogP contribution in [0.15, 0.2) is 55.0 Å². The summed E-state index contributed by atoms with van der Waals surface area (Å²) in [5, 5.41) is 7.88. The minimum absolute atomic E-state index is 0.00146. The van der Waals surface area contributed by atoms with E-state index in [1.165, 1.54) is 0 Å². The van der Waals surface area contributed by atoms with E-state index in [9.17, 15) is 0 Å². The van der Waals surface area contributed by atoms with Crippen molar-refractivity contribution in [3.63, 3.8) is 0 Å². The molecule has 1 aliphatic heterocycles. The van der Waals surface area contributed by atoms with Gasteiger partial charge in [-0.1, -0.05) is 0 Å². The number of nitrogens with zero attached hydrogens (tertiary/aromatic N) is 4. The van der Waals surface area contributed by atoms with Gasteiger partial charge in [-0.05, 0) is 37.5 Å². The van der Waals surface area contributed by atoms with E-state index in [-0.39, 0.29) is 6.23 Å². The molecule has 1 aliphatic rings. The van der Waals surface area contributed by atoms with Gasteiger partial charge in [0.25, 0.3) is 0 Å². The second kappa shape index (κ2) is 8.84. The van der Waals surface area contributed by atoms with Gasteiger partial charge >= 0.3 is 0 Å². The zero-order chi connectivity index (χ0) is 21.9. The molecule has 1 N–H and O–H groups in total. The second-order valence-corrected chi connectivity index (χ2v) is 7.72. The van der Waals surface area contributed by atoms with E-state index in [1.54, 1.807) is 20.4 Å². The van der Waals surface area contributed by atoms with Crippen LogP contribution in [0.3, 0.4) is 0 Å². The first-order valence-corrected chi connectivity index (χ1v) is 10.6. The Bertz CT molecular complexity index is 1210. The van der Waals surface area contributed by atoms with Crippen LogP contribution in [-0.4, -0.2) is 40.6 Å². The normalized spacial score (nSPS) is 16.1. The van der Waals surface area contributed by atoms with Crippen LogP contribution in [0.4, 0.5) is 11.4 Å². The van der Waals surface area contributed by atoms with Crippen molar-refractivity contribution in [2.75, 3.05) is 26.1 Å². The highest BCUT2D eigenvalue weighted by molar-refractivity contribution is 5.82. The maximum atomic E-state index is 5.83. The summed E-state index contributed by atoms with van der Waals surface area (Å²) in [5.41, 5.74) is 5.07. The summed E-state index contributed by atoms with van der Waals surface area (Å²) in [4.78, 5) is 9.41. The maximum Gasteiger partial charge on any atom is 0.150 e. The summed E-state index contributed by atoms with van der Waals surface area (Å²) in [7, 11) is 3.27. The van der Waals surface area contributed by atoms with Crippen LogP contribution in [0.2, 0.25) is 0 Å². The van der Waals surface area contributed by atoms with Crippen LogP contribution in [0, 0.1) is 0 Å². The number of rotatable bonds is 6. The number of methoxy groups -OCH3 is 2. The molecule has 3 heterocycles. The Morgan fingerprint density at radius 2 is 1.81 bits per heavy atom. The molecule has 8 heteroatoms. The summed E-state index contributed by atoms with van der Waals surface area (Å²) < 4.78 is 18.4. The number of nitrogens with one attached hydrogen (secondary N) is 1. The van der Waals surface area contributed by atoms with E-state index in [0.29, 0.717) is 11.5 Å². The minimum Gasteiger partial charge on any atom is -0.497 e. The number of hydrogen-bond acceptors (Lipinski definition) is 7. The maximum absolute atomic E-state index is 5.83. The highest BCUT2D eigenvalue weighted by Crippen LogP contribution is 2.30. The molecule has 0 radical (unpaired) electrons. The number of anilines is 2. The molecule has 0 bridgehead atoms. The topological polar surface area (TPSA) is 83.3 Å². The fourth-order valence-corrected chi connectivity index (χ4v) is 3.83.